The Labute approximate surface area is 153 Å². The van der Waals surface area contributed by atoms with E-state index >= 15 is 0 Å². The highest BCUT2D eigenvalue weighted by Crippen LogP contribution is 2.29. The highest BCUT2D eigenvalue weighted by Gasteiger charge is 2.32. The van der Waals surface area contributed by atoms with Crippen molar-refractivity contribution in [3.63, 3.8) is 0 Å². The van der Waals surface area contributed by atoms with Crippen molar-refractivity contribution in [2.75, 3.05) is 26.4 Å². The lowest BCUT2D eigenvalue weighted by Gasteiger charge is -2.35. The molecule has 1 saturated heterocycles. The van der Waals surface area contributed by atoms with Crippen molar-refractivity contribution < 1.29 is 19.1 Å². The number of oxazole rings is 1. The summed E-state index contributed by atoms with van der Waals surface area (Å²) in [6, 6.07) is 7.92. The summed E-state index contributed by atoms with van der Waals surface area (Å²) in [7, 11) is 0. The molecule has 2 heterocycles. The molecular formula is C20H26N2O4. The van der Waals surface area contributed by atoms with Crippen LogP contribution < -0.4 is 5.32 Å². The molecule has 0 radical (unpaired) electrons. The van der Waals surface area contributed by atoms with Crippen LogP contribution in [-0.2, 0) is 16.0 Å². The lowest BCUT2D eigenvalue weighted by atomic mass is 9.81. The number of aliphatic hydroxyl groups is 1. The Morgan fingerprint density at radius 2 is 1.92 bits per heavy atom. The highest BCUT2D eigenvalue weighted by atomic mass is 16.5. The Bertz CT molecular complexity index is 746. The largest absolute Gasteiger partial charge is 0.441 e. The quantitative estimate of drug-likeness (QED) is 0.828. The van der Waals surface area contributed by atoms with Gasteiger partial charge in [0, 0.05) is 30.7 Å². The Hall–Kier alpha value is -2.18. The number of rotatable bonds is 6. The summed E-state index contributed by atoms with van der Waals surface area (Å²) in [6.07, 6.45) is 1.67. The van der Waals surface area contributed by atoms with E-state index in [4.69, 9.17) is 9.15 Å². The second kappa shape index (κ2) is 8.01. The van der Waals surface area contributed by atoms with Crippen molar-refractivity contribution >= 4 is 5.91 Å². The molecule has 0 atom stereocenters. The number of aliphatic hydroxyl groups excluding tert-OH is 1. The van der Waals surface area contributed by atoms with Gasteiger partial charge in [0.25, 0.3) is 0 Å². The molecule has 0 unspecified atom stereocenters. The van der Waals surface area contributed by atoms with Gasteiger partial charge in [0.1, 0.15) is 5.76 Å². The van der Waals surface area contributed by atoms with E-state index in [2.05, 4.69) is 10.3 Å². The third-order valence-electron chi connectivity index (χ3n) is 5.07. The molecule has 1 fully saturated rings. The Morgan fingerprint density at radius 1 is 1.23 bits per heavy atom. The third-order valence-corrected chi connectivity index (χ3v) is 5.07. The maximum Gasteiger partial charge on any atom is 0.226 e. The normalized spacial score (nSPS) is 16.4. The molecule has 1 aromatic carbocycles. The summed E-state index contributed by atoms with van der Waals surface area (Å²) in [5.74, 6) is 1.07. The van der Waals surface area contributed by atoms with Crippen LogP contribution in [0.1, 0.15) is 29.9 Å². The van der Waals surface area contributed by atoms with E-state index in [-0.39, 0.29) is 24.3 Å². The van der Waals surface area contributed by atoms with E-state index in [1.807, 2.05) is 38.1 Å². The van der Waals surface area contributed by atoms with Crippen LogP contribution >= 0.6 is 0 Å². The van der Waals surface area contributed by atoms with Gasteiger partial charge >= 0.3 is 0 Å². The van der Waals surface area contributed by atoms with Gasteiger partial charge in [-0.1, -0.05) is 17.7 Å². The number of nitrogens with one attached hydrogen (secondary N) is 1. The van der Waals surface area contributed by atoms with Crippen molar-refractivity contribution in [3.8, 4) is 11.5 Å². The van der Waals surface area contributed by atoms with Crippen LogP contribution in [0.15, 0.2) is 28.7 Å². The molecule has 3 rings (SSSR count). The number of hydrogen-bond acceptors (Lipinski definition) is 5. The van der Waals surface area contributed by atoms with Crippen molar-refractivity contribution in [2.45, 2.75) is 33.1 Å². The van der Waals surface area contributed by atoms with Crippen molar-refractivity contribution in [1.29, 1.82) is 0 Å². The molecule has 0 bridgehead atoms. The fourth-order valence-corrected chi connectivity index (χ4v) is 3.11. The molecule has 1 aliphatic rings. The van der Waals surface area contributed by atoms with E-state index in [0.29, 0.717) is 37.1 Å². The standard InChI is InChI=1S/C20H26N2O4/c1-14-3-5-16(6-4-14)19-22-17(15(2)26-19)11-18(24)21-12-20(13-23)7-9-25-10-8-20/h3-6,23H,7-13H2,1-2H3,(H,21,24). The Morgan fingerprint density at radius 3 is 2.58 bits per heavy atom. The first-order valence-electron chi connectivity index (χ1n) is 9.00. The third kappa shape index (κ3) is 4.31. The number of benzene rings is 1. The molecule has 1 amide bonds. The number of carbonyl (C=O) groups excluding carboxylic acids is 1. The molecule has 6 nitrogen and oxygen atoms in total. The number of carbonyl (C=O) groups is 1. The molecule has 1 aliphatic heterocycles. The molecule has 140 valence electrons. The predicted octanol–water partition coefficient (Wildman–Crippen LogP) is 2.41. The summed E-state index contributed by atoms with van der Waals surface area (Å²) in [4.78, 5) is 16.8. The maximum absolute atomic E-state index is 12.4. The molecule has 0 spiro atoms. The summed E-state index contributed by atoms with van der Waals surface area (Å²) in [5, 5.41) is 12.6. The second-order valence-corrected chi connectivity index (χ2v) is 7.11. The summed E-state index contributed by atoms with van der Waals surface area (Å²) in [6.45, 7) is 5.60. The van der Waals surface area contributed by atoms with Gasteiger partial charge in [-0.25, -0.2) is 4.98 Å². The van der Waals surface area contributed by atoms with Crippen LogP contribution in [0.2, 0.25) is 0 Å². The van der Waals surface area contributed by atoms with Crippen molar-refractivity contribution in [3.05, 3.63) is 41.3 Å². The molecule has 0 saturated carbocycles. The minimum absolute atomic E-state index is 0.0528. The fourth-order valence-electron chi connectivity index (χ4n) is 3.11. The van der Waals surface area contributed by atoms with Gasteiger partial charge in [-0.15, -0.1) is 0 Å². The van der Waals surface area contributed by atoms with Crippen LogP contribution in [0.5, 0.6) is 0 Å². The van der Waals surface area contributed by atoms with E-state index in [0.717, 1.165) is 18.4 Å². The van der Waals surface area contributed by atoms with Gasteiger partial charge in [0.2, 0.25) is 11.8 Å². The van der Waals surface area contributed by atoms with Crippen molar-refractivity contribution in [1.82, 2.24) is 10.3 Å². The number of ether oxygens (including phenoxy) is 1. The first kappa shape index (κ1) is 18.6. The molecule has 26 heavy (non-hydrogen) atoms. The highest BCUT2D eigenvalue weighted by molar-refractivity contribution is 5.78. The van der Waals surface area contributed by atoms with Crippen LogP contribution in [0.25, 0.3) is 11.5 Å². The predicted molar refractivity (Wildman–Crippen MR) is 97.7 cm³/mol. The van der Waals surface area contributed by atoms with Gasteiger partial charge < -0.3 is 19.6 Å². The van der Waals surface area contributed by atoms with E-state index in [1.54, 1.807) is 0 Å². The van der Waals surface area contributed by atoms with Crippen LogP contribution in [0, 0.1) is 19.3 Å². The van der Waals surface area contributed by atoms with Gasteiger partial charge in [0.05, 0.1) is 18.7 Å². The Kier molecular flexibility index (Phi) is 5.74. The van der Waals surface area contributed by atoms with Crippen molar-refractivity contribution in [2.24, 2.45) is 5.41 Å². The minimum Gasteiger partial charge on any atom is -0.441 e. The number of hydrogen-bond donors (Lipinski definition) is 2. The number of aromatic nitrogens is 1. The molecule has 6 heteroatoms. The molecule has 0 aliphatic carbocycles. The smallest absolute Gasteiger partial charge is 0.226 e. The minimum atomic E-state index is -0.278. The monoisotopic (exact) mass is 358 g/mol. The lowest BCUT2D eigenvalue weighted by molar-refractivity contribution is -0.121. The van der Waals surface area contributed by atoms with Crippen LogP contribution in [-0.4, -0.2) is 42.4 Å². The zero-order valence-electron chi connectivity index (χ0n) is 15.4. The zero-order chi connectivity index (χ0) is 18.6. The van der Waals surface area contributed by atoms with E-state index < -0.39 is 0 Å². The molecular weight excluding hydrogens is 332 g/mol. The van der Waals surface area contributed by atoms with E-state index in [9.17, 15) is 9.90 Å². The fraction of sp³-hybridized carbons (Fsp3) is 0.500. The van der Waals surface area contributed by atoms with Crippen LogP contribution in [0.3, 0.4) is 0 Å². The van der Waals surface area contributed by atoms with Crippen LogP contribution in [0.4, 0.5) is 0 Å². The summed E-state index contributed by atoms with van der Waals surface area (Å²) < 4.78 is 11.1. The molecule has 2 N–H and O–H groups in total. The topological polar surface area (TPSA) is 84.6 Å². The SMILES string of the molecule is Cc1ccc(-c2nc(CC(=O)NCC3(CO)CCOCC3)c(C)o2)cc1. The number of nitrogens with zero attached hydrogens (tertiary/aromatic N) is 1. The Balaban J connectivity index is 1.61. The first-order chi connectivity index (χ1) is 12.5. The van der Waals surface area contributed by atoms with Gasteiger partial charge in [-0.2, -0.15) is 0 Å². The zero-order valence-corrected chi connectivity index (χ0v) is 15.4. The van der Waals surface area contributed by atoms with Gasteiger partial charge in [-0.3, -0.25) is 4.79 Å². The number of aryl methyl sites for hydroxylation is 2. The lowest BCUT2D eigenvalue weighted by Crippen LogP contribution is -2.44. The van der Waals surface area contributed by atoms with Gasteiger partial charge in [0.15, 0.2) is 0 Å². The van der Waals surface area contributed by atoms with E-state index in [1.165, 1.54) is 5.56 Å². The molecule has 1 aromatic heterocycles. The summed E-state index contributed by atoms with van der Waals surface area (Å²) in [5.41, 5.74) is 2.43. The van der Waals surface area contributed by atoms with Gasteiger partial charge in [-0.05, 0) is 38.8 Å². The average molecular weight is 358 g/mol. The number of amides is 1. The molecule has 2 aromatic rings. The second-order valence-electron chi connectivity index (χ2n) is 7.11. The summed E-state index contributed by atoms with van der Waals surface area (Å²) >= 11 is 0. The maximum atomic E-state index is 12.4. The average Bonchev–Trinajstić information content (AvgIpc) is 3.02. The first-order valence-corrected chi connectivity index (χ1v) is 9.00.